The molecule has 1 rings (SSSR count). The van der Waals surface area contributed by atoms with Crippen molar-refractivity contribution in [2.45, 2.75) is 6.92 Å². The van der Waals surface area contributed by atoms with E-state index in [0.717, 1.165) is 22.5 Å². The molecule has 0 aliphatic carbocycles. The highest BCUT2D eigenvalue weighted by Crippen LogP contribution is 2.15. The van der Waals surface area contributed by atoms with Gasteiger partial charge < -0.3 is 10.1 Å². The molecular weight excluding hydrogens is 232 g/mol. The molecule has 1 heterocycles. The van der Waals surface area contributed by atoms with Gasteiger partial charge in [-0.2, -0.15) is 0 Å². The standard InChI is InChI=1S/C9H13BrN2O/c1-7-8(11-5-6-13-2)3-4-9(10)12-7/h3-4,11H,5-6H2,1-2H3. The van der Waals surface area contributed by atoms with Gasteiger partial charge in [-0.15, -0.1) is 0 Å². The minimum Gasteiger partial charge on any atom is -0.383 e. The van der Waals surface area contributed by atoms with Crippen LogP contribution in [0.4, 0.5) is 5.69 Å². The van der Waals surface area contributed by atoms with Crippen molar-refractivity contribution in [2.75, 3.05) is 25.6 Å². The number of methoxy groups -OCH3 is 1. The van der Waals surface area contributed by atoms with Gasteiger partial charge in [0.2, 0.25) is 0 Å². The zero-order valence-electron chi connectivity index (χ0n) is 7.80. The highest BCUT2D eigenvalue weighted by Gasteiger charge is 1.98. The predicted octanol–water partition coefficient (Wildman–Crippen LogP) is 2.21. The first-order valence-corrected chi connectivity index (χ1v) is 4.89. The van der Waals surface area contributed by atoms with E-state index in [-0.39, 0.29) is 0 Å². The van der Waals surface area contributed by atoms with Gasteiger partial charge >= 0.3 is 0 Å². The number of nitrogens with one attached hydrogen (secondary N) is 1. The van der Waals surface area contributed by atoms with Crippen molar-refractivity contribution in [3.63, 3.8) is 0 Å². The molecule has 0 bridgehead atoms. The lowest BCUT2D eigenvalue weighted by Crippen LogP contribution is -2.08. The van der Waals surface area contributed by atoms with Gasteiger partial charge in [-0.1, -0.05) is 0 Å². The Labute approximate surface area is 86.6 Å². The molecule has 1 aromatic heterocycles. The lowest BCUT2D eigenvalue weighted by Gasteiger charge is -2.07. The summed E-state index contributed by atoms with van der Waals surface area (Å²) in [5.41, 5.74) is 2.05. The van der Waals surface area contributed by atoms with E-state index in [0.29, 0.717) is 6.61 Å². The van der Waals surface area contributed by atoms with Crippen molar-refractivity contribution >= 4 is 21.6 Å². The molecule has 0 atom stereocenters. The zero-order valence-corrected chi connectivity index (χ0v) is 9.39. The fourth-order valence-corrected chi connectivity index (χ4v) is 1.40. The molecule has 0 aromatic carbocycles. The van der Waals surface area contributed by atoms with E-state index in [2.05, 4.69) is 26.2 Å². The van der Waals surface area contributed by atoms with Crippen molar-refractivity contribution in [3.05, 3.63) is 22.4 Å². The number of pyridine rings is 1. The molecule has 4 heteroatoms. The van der Waals surface area contributed by atoms with Gasteiger partial charge in [0.05, 0.1) is 18.0 Å². The summed E-state index contributed by atoms with van der Waals surface area (Å²) in [7, 11) is 1.69. The highest BCUT2D eigenvalue weighted by molar-refractivity contribution is 9.10. The summed E-state index contributed by atoms with van der Waals surface area (Å²) in [6.45, 7) is 3.48. The van der Waals surface area contributed by atoms with E-state index in [1.54, 1.807) is 7.11 Å². The Hall–Kier alpha value is -0.610. The molecule has 0 saturated carbocycles. The van der Waals surface area contributed by atoms with Gasteiger partial charge in [0.1, 0.15) is 4.60 Å². The largest absolute Gasteiger partial charge is 0.383 e. The van der Waals surface area contributed by atoms with Crippen LogP contribution in [0, 0.1) is 6.92 Å². The molecule has 0 saturated heterocycles. The van der Waals surface area contributed by atoms with E-state index in [1.165, 1.54) is 0 Å². The third-order valence-electron chi connectivity index (χ3n) is 1.67. The summed E-state index contributed by atoms with van der Waals surface area (Å²) in [6, 6.07) is 3.92. The van der Waals surface area contributed by atoms with Crippen LogP contribution in [0.15, 0.2) is 16.7 Å². The summed E-state index contributed by atoms with van der Waals surface area (Å²) >= 11 is 3.31. The topological polar surface area (TPSA) is 34.1 Å². The van der Waals surface area contributed by atoms with Crippen LogP contribution in [0.25, 0.3) is 0 Å². The monoisotopic (exact) mass is 244 g/mol. The lowest BCUT2D eigenvalue weighted by molar-refractivity contribution is 0.211. The molecule has 3 nitrogen and oxygen atoms in total. The molecule has 0 amide bonds. The van der Waals surface area contributed by atoms with Crippen LogP contribution in [0.2, 0.25) is 0 Å². The number of anilines is 1. The first-order valence-electron chi connectivity index (χ1n) is 4.10. The van der Waals surface area contributed by atoms with Crippen molar-refractivity contribution < 1.29 is 4.74 Å². The Bertz CT molecular complexity index is 278. The van der Waals surface area contributed by atoms with Gasteiger partial charge in [-0.05, 0) is 35.0 Å². The number of aryl methyl sites for hydroxylation is 1. The average molecular weight is 245 g/mol. The lowest BCUT2D eigenvalue weighted by atomic mass is 10.3. The molecule has 0 radical (unpaired) electrons. The summed E-state index contributed by atoms with van der Waals surface area (Å²) in [4.78, 5) is 4.27. The van der Waals surface area contributed by atoms with Crippen LogP contribution >= 0.6 is 15.9 Å². The predicted molar refractivity (Wildman–Crippen MR) is 57.0 cm³/mol. The van der Waals surface area contributed by atoms with Crippen LogP contribution in [-0.4, -0.2) is 25.2 Å². The maximum absolute atomic E-state index is 4.93. The summed E-state index contributed by atoms with van der Waals surface area (Å²) in [6.07, 6.45) is 0. The third-order valence-corrected chi connectivity index (χ3v) is 2.12. The molecule has 0 fully saturated rings. The van der Waals surface area contributed by atoms with Gasteiger partial charge in [0, 0.05) is 13.7 Å². The highest BCUT2D eigenvalue weighted by atomic mass is 79.9. The number of hydrogen-bond acceptors (Lipinski definition) is 3. The van der Waals surface area contributed by atoms with E-state index in [9.17, 15) is 0 Å². The molecule has 72 valence electrons. The first-order chi connectivity index (χ1) is 6.24. The van der Waals surface area contributed by atoms with Gasteiger partial charge in [-0.3, -0.25) is 0 Å². The molecular formula is C9H13BrN2O. The number of aromatic nitrogens is 1. The Morgan fingerprint density at radius 1 is 1.54 bits per heavy atom. The van der Waals surface area contributed by atoms with E-state index in [4.69, 9.17) is 4.74 Å². The smallest absolute Gasteiger partial charge is 0.106 e. The number of ether oxygens (including phenoxy) is 1. The summed E-state index contributed by atoms with van der Waals surface area (Å²) in [5, 5.41) is 3.23. The van der Waals surface area contributed by atoms with Crippen LogP contribution in [-0.2, 0) is 4.74 Å². The number of hydrogen-bond donors (Lipinski definition) is 1. The Balaban J connectivity index is 2.56. The number of rotatable bonds is 4. The van der Waals surface area contributed by atoms with Crippen LogP contribution in [0.3, 0.4) is 0 Å². The molecule has 0 aliphatic heterocycles. The second-order valence-corrected chi connectivity index (χ2v) is 3.50. The SMILES string of the molecule is COCCNc1ccc(Br)nc1C. The summed E-state index contributed by atoms with van der Waals surface area (Å²) in [5.74, 6) is 0. The van der Waals surface area contributed by atoms with Gasteiger partial charge in [-0.25, -0.2) is 4.98 Å². The molecule has 0 spiro atoms. The molecule has 13 heavy (non-hydrogen) atoms. The minimum atomic E-state index is 0.704. The normalized spacial score (nSPS) is 10.1. The molecule has 0 aliphatic rings. The van der Waals surface area contributed by atoms with E-state index >= 15 is 0 Å². The minimum absolute atomic E-state index is 0.704. The quantitative estimate of drug-likeness (QED) is 0.652. The van der Waals surface area contributed by atoms with Gasteiger partial charge in [0.15, 0.2) is 0 Å². The Kier molecular flexibility index (Phi) is 4.18. The second kappa shape index (κ2) is 5.19. The fourth-order valence-electron chi connectivity index (χ4n) is 1.01. The van der Waals surface area contributed by atoms with E-state index in [1.807, 2.05) is 19.1 Å². The van der Waals surface area contributed by atoms with Crippen molar-refractivity contribution in [2.24, 2.45) is 0 Å². The molecule has 1 N–H and O–H groups in total. The maximum atomic E-state index is 4.93. The third kappa shape index (κ3) is 3.32. The zero-order chi connectivity index (χ0) is 9.68. The van der Waals surface area contributed by atoms with Crippen LogP contribution in [0.5, 0.6) is 0 Å². The Morgan fingerprint density at radius 2 is 2.31 bits per heavy atom. The van der Waals surface area contributed by atoms with Crippen LogP contribution < -0.4 is 5.32 Å². The van der Waals surface area contributed by atoms with Crippen molar-refractivity contribution in [1.29, 1.82) is 0 Å². The Morgan fingerprint density at radius 3 is 2.92 bits per heavy atom. The van der Waals surface area contributed by atoms with Crippen molar-refractivity contribution in [3.8, 4) is 0 Å². The number of halogens is 1. The van der Waals surface area contributed by atoms with Gasteiger partial charge in [0.25, 0.3) is 0 Å². The van der Waals surface area contributed by atoms with E-state index < -0.39 is 0 Å². The maximum Gasteiger partial charge on any atom is 0.106 e. The fraction of sp³-hybridized carbons (Fsp3) is 0.444. The van der Waals surface area contributed by atoms with Crippen LogP contribution in [0.1, 0.15) is 5.69 Å². The summed E-state index contributed by atoms with van der Waals surface area (Å²) < 4.78 is 5.80. The number of nitrogens with zero attached hydrogens (tertiary/aromatic N) is 1. The first kappa shape index (κ1) is 10.5. The average Bonchev–Trinajstić information content (AvgIpc) is 2.09. The second-order valence-electron chi connectivity index (χ2n) is 2.69. The molecule has 1 aromatic rings. The molecule has 0 unspecified atom stereocenters. The van der Waals surface area contributed by atoms with Crippen molar-refractivity contribution in [1.82, 2.24) is 4.98 Å².